The Balaban J connectivity index is 1.94. The number of thiazole rings is 1. The quantitative estimate of drug-likeness (QED) is 0.922. The van der Waals surface area contributed by atoms with Crippen LogP contribution in [0.1, 0.15) is 23.0 Å². The number of halogens is 2. The highest BCUT2D eigenvalue weighted by atomic mass is 35.5. The molecule has 0 amide bonds. The summed E-state index contributed by atoms with van der Waals surface area (Å²) in [5, 5.41) is 6.43. The molecule has 19 heavy (non-hydrogen) atoms. The van der Waals surface area contributed by atoms with Crippen LogP contribution in [0.5, 0.6) is 0 Å². The molecule has 1 N–H and O–H groups in total. The number of nitrogens with zero attached hydrogens (tertiary/aromatic N) is 2. The van der Waals surface area contributed by atoms with E-state index in [1.54, 1.807) is 12.3 Å². The number of amidine groups is 1. The van der Waals surface area contributed by atoms with Crippen molar-refractivity contribution >= 4 is 28.8 Å². The minimum absolute atomic E-state index is 0.0479. The third kappa shape index (κ3) is 2.62. The SMILES string of the molecule is Fc1ccc(C2CCNC(c3nccs3)=N2)c(Cl)c1. The zero-order valence-corrected chi connectivity index (χ0v) is 11.5. The van der Waals surface area contributed by atoms with Crippen LogP contribution in [0.15, 0.2) is 34.8 Å². The van der Waals surface area contributed by atoms with Gasteiger partial charge in [-0.3, -0.25) is 4.99 Å². The van der Waals surface area contributed by atoms with Gasteiger partial charge in [-0.2, -0.15) is 0 Å². The fraction of sp³-hybridized carbons (Fsp3) is 0.231. The van der Waals surface area contributed by atoms with Crippen molar-refractivity contribution in [1.29, 1.82) is 0 Å². The standard InChI is InChI=1S/C13H11ClFN3S/c14-10-7-8(15)1-2-9(10)11-3-4-16-12(18-11)13-17-5-6-19-13/h1-2,5-7,11H,3-4H2,(H,16,18). The lowest BCUT2D eigenvalue weighted by Gasteiger charge is -2.22. The number of hydrogen-bond acceptors (Lipinski definition) is 4. The highest BCUT2D eigenvalue weighted by molar-refractivity contribution is 7.11. The van der Waals surface area contributed by atoms with E-state index in [0.717, 1.165) is 29.4 Å². The second-order valence-electron chi connectivity index (χ2n) is 4.21. The summed E-state index contributed by atoms with van der Waals surface area (Å²) < 4.78 is 13.1. The Hall–Kier alpha value is -1.46. The van der Waals surface area contributed by atoms with E-state index in [4.69, 9.17) is 11.6 Å². The number of rotatable bonds is 2. The molecule has 0 spiro atoms. The first kappa shape index (κ1) is 12.6. The molecule has 0 fully saturated rings. The monoisotopic (exact) mass is 295 g/mol. The fourth-order valence-electron chi connectivity index (χ4n) is 2.06. The van der Waals surface area contributed by atoms with E-state index in [1.807, 2.05) is 5.38 Å². The van der Waals surface area contributed by atoms with Crippen molar-refractivity contribution < 1.29 is 4.39 Å². The van der Waals surface area contributed by atoms with E-state index in [0.29, 0.717) is 5.02 Å². The first-order valence-electron chi connectivity index (χ1n) is 5.90. The third-order valence-corrected chi connectivity index (χ3v) is 4.06. The van der Waals surface area contributed by atoms with Gasteiger partial charge in [-0.05, 0) is 24.1 Å². The minimum atomic E-state index is -0.327. The fourth-order valence-corrected chi connectivity index (χ4v) is 2.96. The predicted octanol–water partition coefficient (Wildman–Crippen LogP) is 3.42. The molecule has 1 atom stereocenters. The van der Waals surface area contributed by atoms with Crippen LogP contribution in [0.3, 0.4) is 0 Å². The summed E-state index contributed by atoms with van der Waals surface area (Å²) in [5.74, 6) is 0.457. The van der Waals surface area contributed by atoms with E-state index in [1.165, 1.54) is 23.5 Å². The molecule has 1 aliphatic rings. The molecule has 2 aromatic rings. The normalized spacial score (nSPS) is 18.8. The van der Waals surface area contributed by atoms with Gasteiger partial charge in [0.2, 0.25) is 0 Å². The van der Waals surface area contributed by atoms with Crippen LogP contribution in [0.2, 0.25) is 5.02 Å². The molecule has 1 aliphatic heterocycles. The van der Waals surface area contributed by atoms with E-state index in [9.17, 15) is 4.39 Å². The van der Waals surface area contributed by atoms with Gasteiger partial charge in [-0.1, -0.05) is 17.7 Å². The molecule has 0 saturated heterocycles. The smallest absolute Gasteiger partial charge is 0.158 e. The lowest BCUT2D eigenvalue weighted by molar-refractivity contribution is 0.598. The molecule has 3 nitrogen and oxygen atoms in total. The summed E-state index contributed by atoms with van der Waals surface area (Å²) in [6, 6.07) is 4.41. The van der Waals surface area contributed by atoms with Gasteiger partial charge >= 0.3 is 0 Å². The molecule has 2 heterocycles. The van der Waals surface area contributed by atoms with Crippen molar-refractivity contribution in [2.75, 3.05) is 6.54 Å². The van der Waals surface area contributed by atoms with Gasteiger partial charge in [-0.25, -0.2) is 9.37 Å². The zero-order chi connectivity index (χ0) is 13.2. The minimum Gasteiger partial charge on any atom is -0.368 e. The van der Waals surface area contributed by atoms with E-state index in [2.05, 4.69) is 15.3 Å². The van der Waals surface area contributed by atoms with Crippen molar-refractivity contribution in [2.24, 2.45) is 4.99 Å². The molecular weight excluding hydrogens is 285 g/mol. The molecule has 1 aromatic carbocycles. The Morgan fingerprint density at radius 3 is 3.05 bits per heavy atom. The van der Waals surface area contributed by atoms with Crippen LogP contribution in [0, 0.1) is 5.82 Å². The molecule has 0 bridgehead atoms. The van der Waals surface area contributed by atoms with Crippen LogP contribution >= 0.6 is 22.9 Å². The molecule has 6 heteroatoms. The molecule has 0 aliphatic carbocycles. The Bertz CT molecular complexity index is 612. The highest BCUT2D eigenvalue weighted by Gasteiger charge is 2.20. The zero-order valence-electron chi connectivity index (χ0n) is 9.94. The van der Waals surface area contributed by atoms with Crippen molar-refractivity contribution in [1.82, 2.24) is 10.3 Å². The lowest BCUT2D eigenvalue weighted by atomic mass is 10.0. The van der Waals surface area contributed by atoms with Gasteiger partial charge in [0.25, 0.3) is 0 Å². The number of benzene rings is 1. The lowest BCUT2D eigenvalue weighted by Crippen LogP contribution is -2.31. The first-order valence-corrected chi connectivity index (χ1v) is 7.16. The molecule has 1 unspecified atom stereocenters. The third-order valence-electron chi connectivity index (χ3n) is 2.95. The summed E-state index contributed by atoms with van der Waals surface area (Å²) in [7, 11) is 0. The predicted molar refractivity (Wildman–Crippen MR) is 75.4 cm³/mol. The van der Waals surface area contributed by atoms with Crippen LogP contribution in [-0.4, -0.2) is 17.4 Å². The van der Waals surface area contributed by atoms with Crippen LogP contribution in [0.4, 0.5) is 4.39 Å². The van der Waals surface area contributed by atoms with Gasteiger partial charge < -0.3 is 5.32 Å². The van der Waals surface area contributed by atoms with Crippen molar-refractivity contribution in [3.8, 4) is 0 Å². The molecule has 0 radical (unpaired) electrons. The van der Waals surface area contributed by atoms with Crippen molar-refractivity contribution in [2.45, 2.75) is 12.5 Å². The molecule has 98 valence electrons. The molecular formula is C13H11ClFN3S. The van der Waals surface area contributed by atoms with Crippen molar-refractivity contribution in [3.05, 3.63) is 51.2 Å². The highest BCUT2D eigenvalue weighted by Crippen LogP contribution is 2.30. The number of aromatic nitrogens is 1. The van der Waals surface area contributed by atoms with Crippen LogP contribution < -0.4 is 5.32 Å². The Morgan fingerprint density at radius 1 is 1.42 bits per heavy atom. The average Bonchev–Trinajstić information content (AvgIpc) is 2.93. The average molecular weight is 296 g/mol. The van der Waals surface area contributed by atoms with Crippen LogP contribution in [-0.2, 0) is 0 Å². The Kier molecular flexibility index (Phi) is 3.48. The summed E-state index contributed by atoms with van der Waals surface area (Å²) in [6.07, 6.45) is 2.58. The summed E-state index contributed by atoms with van der Waals surface area (Å²) >= 11 is 7.63. The summed E-state index contributed by atoms with van der Waals surface area (Å²) in [4.78, 5) is 8.87. The van der Waals surface area contributed by atoms with Crippen molar-refractivity contribution in [3.63, 3.8) is 0 Å². The second kappa shape index (κ2) is 5.27. The maximum Gasteiger partial charge on any atom is 0.158 e. The summed E-state index contributed by atoms with van der Waals surface area (Å²) in [6.45, 7) is 0.802. The molecule has 0 saturated carbocycles. The first-order chi connectivity index (χ1) is 9.24. The second-order valence-corrected chi connectivity index (χ2v) is 5.51. The summed E-state index contributed by atoms with van der Waals surface area (Å²) in [5.41, 5.74) is 0.860. The number of nitrogens with one attached hydrogen (secondary N) is 1. The Morgan fingerprint density at radius 2 is 2.32 bits per heavy atom. The molecule has 1 aromatic heterocycles. The largest absolute Gasteiger partial charge is 0.368 e. The van der Waals surface area contributed by atoms with Gasteiger partial charge in [0, 0.05) is 23.1 Å². The van der Waals surface area contributed by atoms with E-state index < -0.39 is 0 Å². The van der Waals surface area contributed by atoms with Gasteiger partial charge in [-0.15, -0.1) is 11.3 Å². The Labute approximate surface area is 119 Å². The topological polar surface area (TPSA) is 37.3 Å². The maximum atomic E-state index is 13.1. The van der Waals surface area contributed by atoms with Gasteiger partial charge in [0.15, 0.2) is 10.8 Å². The van der Waals surface area contributed by atoms with E-state index >= 15 is 0 Å². The number of hydrogen-bond donors (Lipinski definition) is 1. The maximum absolute atomic E-state index is 13.1. The number of aliphatic imine (C=N–C) groups is 1. The van der Waals surface area contributed by atoms with Crippen LogP contribution in [0.25, 0.3) is 0 Å². The molecule has 3 rings (SSSR count). The van der Waals surface area contributed by atoms with Gasteiger partial charge in [0.1, 0.15) is 5.82 Å². The van der Waals surface area contributed by atoms with E-state index in [-0.39, 0.29) is 11.9 Å². The van der Waals surface area contributed by atoms with Gasteiger partial charge in [0.05, 0.1) is 6.04 Å².